The number of ketones is 1. The van der Waals surface area contributed by atoms with Crippen LogP contribution in [-0.4, -0.2) is 44.3 Å². The minimum Gasteiger partial charge on any atom is -0.478 e. The second kappa shape index (κ2) is 7.40. The maximum Gasteiger partial charge on any atom is 0.334 e. The fourth-order valence-corrected chi connectivity index (χ4v) is 3.33. The standard InChI is InChI=1S/C18H18N2O7/c1-9(21)8-19-10(2)14(17(22)23)16(15(11(19)3)18(24)25)12-6-4-5-7-13(12)20(26)27/h4-7,16H,8H2,1-3H3,(H,22,23)(H,24,25). The number of nitro benzene ring substituents is 1. The average molecular weight is 374 g/mol. The Morgan fingerprint density at radius 1 is 1.07 bits per heavy atom. The van der Waals surface area contributed by atoms with Gasteiger partial charge in [-0.25, -0.2) is 9.59 Å². The summed E-state index contributed by atoms with van der Waals surface area (Å²) in [5, 5.41) is 30.9. The lowest BCUT2D eigenvalue weighted by atomic mass is 9.79. The Balaban J connectivity index is 2.87. The van der Waals surface area contributed by atoms with Crippen LogP contribution in [0.1, 0.15) is 32.3 Å². The van der Waals surface area contributed by atoms with Crippen molar-refractivity contribution in [3.8, 4) is 0 Å². The molecule has 9 nitrogen and oxygen atoms in total. The van der Waals surface area contributed by atoms with Crippen molar-refractivity contribution in [3.63, 3.8) is 0 Å². The first kappa shape index (κ1) is 19.8. The lowest BCUT2D eigenvalue weighted by Gasteiger charge is -2.36. The third-order valence-corrected chi connectivity index (χ3v) is 4.45. The van der Waals surface area contributed by atoms with Crippen LogP contribution in [0.15, 0.2) is 46.8 Å². The van der Waals surface area contributed by atoms with Crippen LogP contribution in [0.3, 0.4) is 0 Å². The number of aliphatic carboxylic acids is 2. The maximum atomic E-state index is 12.0. The number of allylic oxidation sites excluding steroid dienone is 2. The molecule has 0 unspecified atom stereocenters. The number of hydrogen-bond donors (Lipinski definition) is 2. The monoisotopic (exact) mass is 374 g/mol. The summed E-state index contributed by atoms with van der Waals surface area (Å²) in [5.74, 6) is -4.44. The molecule has 1 heterocycles. The van der Waals surface area contributed by atoms with Crippen LogP contribution in [-0.2, 0) is 14.4 Å². The van der Waals surface area contributed by atoms with Crippen molar-refractivity contribution in [2.45, 2.75) is 26.7 Å². The molecule has 0 fully saturated rings. The zero-order valence-electron chi connectivity index (χ0n) is 14.9. The molecule has 0 bridgehead atoms. The topological polar surface area (TPSA) is 138 Å². The zero-order valence-corrected chi connectivity index (χ0v) is 14.9. The number of rotatable bonds is 6. The molecule has 0 amide bonds. The number of carbonyl (C=O) groups excluding carboxylic acids is 1. The first-order valence-electron chi connectivity index (χ1n) is 7.96. The molecule has 0 spiro atoms. The maximum absolute atomic E-state index is 12.0. The second-order valence-electron chi connectivity index (χ2n) is 6.15. The van der Waals surface area contributed by atoms with Gasteiger partial charge in [-0.15, -0.1) is 0 Å². The Bertz CT molecular complexity index is 876. The van der Waals surface area contributed by atoms with E-state index in [4.69, 9.17) is 0 Å². The number of carbonyl (C=O) groups is 3. The number of hydrogen-bond acceptors (Lipinski definition) is 6. The van der Waals surface area contributed by atoms with Gasteiger partial charge in [0, 0.05) is 23.0 Å². The lowest BCUT2D eigenvalue weighted by Crippen LogP contribution is -2.36. The highest BCUT2D eigenvalue weighted by Gasteiger charge is 2.41. The quantitative estimate of drug-likeness (QED) is 0.571. The van der Waals surface area contributed by atoms with E-state index >= 15 is 0 Å². The fraction of sp³-hybridized carbons (Fsp3) is 0.278. The first-order valence-corrected chi connectivity index (χ1v) is 7.96. The Hall–Kier alpha value is -3.49. The molecule has 0 atom stereocenters. The molecular formula is C18H18N2O7. The number of para-hydroxylation sites is 1. The summed E-state index contributed by atoms with van der Waals surface area (Å²) in [6, 6.07) is 5.44. The van der Waals surface area contributed by atoms with Gasteiger partial charge in [-0.3, -0.25) is 14.9 Å². The normalized spacial score (nSPS) is 15.1. The van der Waals surface area contributed by atoms with E-state index in [1.54, 1.807) is 0 Å². The third kappa shape index (κ3) is 3.57. The van der Waals surface area contributed by atoms with Crippen LogP contribution < -0.4 is 0 Å². The van der Waals surface area contributed by atoms with Gasteiger partial charge in [0.05, 0.1) is 28.5 Å². The van der Waals surface area contributed by atoms with Crippen molar-refractivity contribution in [1.29, 1.82) is 0 Å². The Morgan fingerprint density at radius 3 is 1.96 bits per heavy atom. The smallest absolute Gasteiger partial charge is 0.334 e. The summed E-state index contributed by atoms with van der Waals surface area (Å²) >= 11 is 0. The van der Waals surface area contributed by atoms with Gasteiger partial charge in [0.1, 0.15) is 5.78 Å². The van der Waals surface area contributed by atoms with Gasteiger partial charge in [0.15, 0.2) is 0 Å². The number of benzene rings is 1. The number of Topliss-reactive ketones (excluding diaryl/α,β-unsaturated/α-hetero) is 1. The van der Waals surface area contributed by atoms with Gasteiger partial charge in [-0.2, -0.15) is 0 Å². The van der Waals surface area contributed by atoms with Crippen LogP contribution in [0.2, 0.25) is 0 Å². The average Bonchev–Trinajstić information content (AvgIpc) is 2.57. The van der Waals surface area contributed by atoms with Crippen LogP contribution in [0.4, 0.5) is 5.69 Å². The molecule has 0 radical (unpaired) electrons. The van der Waals surface area contributed by atoms with Crippen molar-refractivity contribution in [2.24, 2.45) is 0 Å². The zero-order chi connectivity index (χ0) is 20.5. The van der Waals surface area contributed by atoms with Gasteiger partial charge < -0.3 is 15.1 Å². The van der Waals surface area contributed by atoms with Gasteiger partial charge in [-0.05, 0) is 20.8 Å². The molecule has 0 aromatic heterocycles. The van der Waals surface area contributed by atoms with E-state index in [1.165, 1.54) is 49.9 Å². The summed E-state index contributed by atoms with van der Waals surface area (Å²) in [4.78, 5) is 47.6. The van der Waals surface area contributed by atoms with Crippen molar-refractivity contribution < 1.29 is 29.5 Å². The number of nitro groups is 1. The Labute approximate surface area is 154 Å². The number of carboxylic acids is 2. The molecule has 2 N–H and O–H groups in total. The highest BCUT2D eigenvalue weighted by atomic mass is 16.6. The molecule has 1 aromatic rings. The molecule has 9 heteroatoms. The lowest BCUT2D eigenvalue weighted by molar-refractivity contribution is -0.385. The second-order valence-corrected chi connectivity index (χ2v) is 6.15. The SMILES string of the molecule is CC(=O)CN1C(C)=C(C(=O)O)C(c2ccccc2[N+](=O)[O-])C(C(=O)O)=C1C. The predicted octanol–water partition coefficient (Wildman–Crippen LogP) is 2.30. The molecule has 27 heavy (non-hydrogen) atoms. The van der Waals surface area contributed by atoms with E-state index in [2.05, 4.69) is 0 Å². The highest BCUT2D eigenvalue weighted by molar-refractivity contribution is 5.99. The predicted molar refractivity (Wildman–Crippen MR) is 93.9 cm³/mol. The van der Waals surface area contributed by atoms with Crippen LogP contribution in [0.25, 0.3) is 0 Å². The molecule has 1 aromatic carbocycles. The minimum atomic E-state index is -1.41. The third-order valence-electron chi connectivity index (χ3n) is 4.45. The summed E-state index contributed by atoms with van der Waals surface area (Å²) < 4.78 is 0. The van der Waals surface area contributed by atoms with Crippen molar-refractivity contribution in [1.82, 2.24) is 4.90 Å². The molecule has 0 aliphatic carbocycles. The minimum absolute atomic E-state index is 0.0292. The highest BCUT2D eigenvalue weighted by Crippen LogP contribution is 2.44. The van der Waals surface area contributed by atoms with Gasteiger partial charge in [-0.1, -0.05) is 18.2 Å². The van der Waals surface area contributed by atoms with Gasteiger partial charge in [0.2, 0.25) is 0 Å². The summed E-state index contributed by atoms with van der Waals surface area (Å²) in [5.41, 5.74) is -0.687. The molecule has 1 aliphatic rings. The molecular weight excluding hydrogens is 356 g/mol. The Kier molecular flexibility index (Phi) is 5.44. The van der Waals surface area contributed by atoms with Crippen LogP contribution >= 0.6 is 0 Å². The molecule has 0 saturated carbocycles. The van der Waals surface area contributed by atoms with E-state index in [0.717, 1.165) is 0 Å². The number of carboxylic acid groups (broad SMARTS) is 2. The van der Waals surface area contributed by atoms with Gasteiger partial charge in [0.25, 0.3) is 5.69 Å². The van der Waals surface area contributed by atoms with E-state index in [0.29, 0.717) is 0 Å². The van der Waals surface area contributed by atoms with E-state index in [-0.39, 0.29) is 46.1 Å². The van der Waals surface area contributed by atoms with E-state index in [9.17, 15) is 34.7 Å². The molecule has 2 rings (SSSR count). The van der Waals surface area contributed by atoms with Crippen LogP contribution in [0, 0.1) is 10.1 Å². The number of nitrogens with zero attached hydrogens (tertiary/aromatic N) is 2. The largest absolute Gasteiger partial charge is 0.478 e. The summed E-state index contributed by atoms with van der Waals surface area (Å²) in [7, 11) is 0. The van der Waals surface area contributed by atoms with Crippen LogP contribution in [0.5, 0.6) is 0 Å². The fourth-order valence-electron chi connectivity index (χ4n) is 3.33. The van der Waals surface area contributed by atoms with Gasteiger partial charge >= 0.3 is 11.9 Å². The van der Waals surface area contributed by atoms with E-state index < -0.39 is 22.8 Å². The molecule has 1 aliphatic heterocycles. The van der Waals surface area contributed by atoms with Crippen molar-refractivity contribution >= 4 is 23.4 Å². The van der Waals surface area contributed by atoms with E-state index in [1.807, 2.05) is 0 Å². The summed E-state index contributed by atoms with van der Waals surface area (Å²) in [6.45, 7) is 4.01. The Morgan fingerprint density at radius 2 is 1.56 bits per heavy atom. The molecule has 142 valence electrons. The van der Waals surface area contributed by atoms with Crippen molar-refractivity contribution in [3.05, 3.63) is 62.5 Å². The first-order chi connectivity index (χ1) is 12.6. The summed E-state index contributed by atoms with van der Waals surface area (Å²) in [6.07, 6.45) is 0. The molecule has 0 saturated heterocycles. The van der Waals surface area contributed by atoms with Crippen molar-refractivity contribution in [2.75, 3.05) is 6.54 Å².